The molecule has 6 nitrogen and oxygen atoms in total. The van der Waals surface area contributed by atoms with Gasteiger partial charge in [0, 0.05) is 24.8 Å². The van der Waals surface area contributed by atoms with E-state index in [0.29, 0.717) is 5.69 Å². The van der Waals surface area contributed by atoms with E-state index >= 15 is 0 Å². The Morgan fingerprint density at radius 1 is 1.00 bits per heavy atom. The van der Waals surface area contributed by atoms with Gasteiger partial charge in [0.1, 0.15) is 10.6 Å². The summed E-state index contributed by atoms with van der Waals surface area (Å²) in [5.41, 5.74) is 3.71. The predicted octanol–water partition coefficient (Wildman–Crippen LogP) is 4.39. The molecule has 0 fully saturated rings. The van der Waals surface area contributed by atoms with E-state index in [-0.39, 0.29) is 22.8 Å². The predicted molar refractivity (Wildman–Crippen MR) is 122 cm³/mol. The minimum absolute atomic E-state index is 0.0537. The zero-order valence-electron chi connectivity index (χ0n) is 18.0. The Morgan fingerprint density at radius 2 is 1.71 bits per heavy atom. The first-order valence-corrected chi connectivity index (χ1v) is 11.2. The lowest BCUT2D eigenvalue weighted by molar-refractivity contribution is 0.102. The highest BCUT2D eigenvalue weighted by Crippen LogP contribution is 2.29. The zero-order valence-corrected chi connectivity index (χ0v) is 18.9. The topological polar surface area (TPSA) is 75.7 Å². The van der Waals surface area contributed by atoms with Crippen molar-refractivity contribution in [2.75, 3.05) is 19.5 Å². The smallest absolute Gasteiger partial charge is 0.255 e. The normalized spacial score (nSPS) is 11.4. The van der Waals surface area contributed by atoms with Crippen LogP contribution >= 0.6 is 0 Å². The number of methoxy groups -OCH3 is 1. The van der Waals surface area contributed by atoms with E-state index in [1.54, 1.807) is 6.07 Å². The molecule has 0 aliphatic rings. The number of carbonyl (C=O) groups excluding carboxylic acids is 1. The number of amides is 1. The molecule has 1 amide bonds. The molecule has 0 saturated carbocycles. The third kappa shape index (κ3) is 5.13. The summed E-state index contributed by atoms with van der Waals surface area (Å²) in [5, 5.41) is 2.86. The second-order valence-corrected chi connectivity index (χ2v) is 9.40. The number of carbonyl (C=O) groups is 1. The van der Waals surface area contributed by atoms with Crippen LogP contribution in [-0.4, -0.2) is 32.8 Å². The molecule has 3 rings (SSSR count). The summed E-state index contributed by atoms with van der Waals surface area (Å²) in [6.07, 6.45) is 0. The Bertz CT molecular complexity index is 1190. The van der Waals surface area contributed by atoms with E-state index in [1.807, 2.05) is 62.4 Å². The van der Waals surface area contributed by atoms with Crippen LogP contribution in [0.4, 0.5) is 5.69 Å². The molecular weight excluding hydrogens is 412 g/mol. The van der Waals surface area contributed by atoms with Gasteiger partial charge < -0.3 is 10.1 Å². The van der Waals surface area contributed by atoms with Gasteiger partial charge >= 0.3 is 0 Å². The number of hydrogen-bond donors (Lipinski definition) is 1. The summed E-state index contributed by atoms with van der Waals surface area (Å²) in [5.74, 6) is -0.207. The summed E-state index contributed by atoms with van der Waals surface area (Å²) in [4.78, 5) is 12.8. The van der Waals surface area contributed by atoms with Crippen molar-refractivity contribution >= 4 is 21.6 Å². The molecule has 0 aromatic heterocycles. The van der Waals surface area contributed by atoms with E-state index in [9.17, 15) is 13.2 Å². The van der Waals surface area contributed by atoms with Gasteiger partial charge in [0.05, 0.1) is 7.11 Å². The Hall–Kier alpha value is -3.16. The second-order valence-electron chi connectivity index (χ2n) is 7.38. The lowest BCUT2D eigenvalue weighted by atomic mass is 10.1. The van der Waals surface area contributed by atoms with E-state index in [4.69, 9.17) is 4.74 Å². The maximum Gasteiger partial charge on any atom is 0.255 e. The van der Waals surface area contributed by atoms with E-state index < -0.39 is 15.9 Å². The maximum atomic E-state index is 13.3. The van der Waals surface area contributed by atoms with Crippen LogP contribution in [0.2, 0.25) is 0 Å². The number of aryl methyl sites for hydroxylation is 2. The Morgan fingerprint density at radius 3 is 2.39 bits per heavy atom. The molecular formula is C24H26N2O4S. The van der Waals surface area contributed by atoms with E-state index in [2.05, 4.69) is 5.32 Å². The molecule has 0 aliphatic carbocycles. The molecule has 0 radical (unpaired) electrons. The van der Waals surface area contributed by atoms with Crippen LogP contribution in [0.1, 0.15) is 27.0 Å². The highest BCUT2D eigenvalue weighted by molar-refractivity contribution is 7.89. The Labute approximate surface area is 183 Å². The molecule has 3 aromatic rings. The van der Waals surface area contributed by atoms with Crippen molar-refractivity contribution in [3.05, 3.63) is 89.0 Å². The van der Waals surface area contributed by atoms with Crippen molar-refractivity contribution < 1.29 is 17.9 Å². The highest BCUT2D eigenvalue weighted by Gasteiger charge is 2.26. The fourth-order valence-corrected chi connectivity index (χ4v) is 4.51. The molecule has 0 bridgehead atoms. The fraction of sp³-hybridized carbons (Fsp3) is 0.208. The van der Waals surface area contributed by atoms with Gasteiger partial charge in [-0.25, -0.2) is 8.42 Å². The van der Waals surface area contributed by atoms with Crippen LogP contribution in [0.15, 0.2) is 71.6 Å². The van der Waals surface area contributed by atoms with Crippen molar-refractivity contribution in [1.82, 2.24) is 4.31 Å². The monoisotopic (exact) mass is 438 g/mol. The number of rotatable bonds is 7. The van der Waals surface area contributed by atoms with Gasteiger partial charge in [-0.3, -0.25) is 4.79 Å². The molecule has 3 aromatic carbocycles. The Kier molecular flexibility index (Phi) is 6.77. The van der Waals surface area contributed by atoms with Gasteiger partial charge in [-0.15, -0.1) is 0 Å². The van der Waals surface area contributed by atoms with E-state index in [1.165, 1.54) is 30.6 Å². The lowest BCUT2D eigenvalue weighted by Gasteiger charge is -2.19. The average molecular weight is 439 g/mol. The molecule has 0 atom stereocenters. The van der Waals surface area contributed by atoms with Gasteiger partial charge in [0.2, 0.25) is 10.0 Å². The molecule has 0 aliphatic heterocycles. The SMILES string of the molecule is COc1ccc(C(=O)Nc2cc(C)ccc2C)cc1S(=O)(=O)N(C)Cc1ccccc1. The fourth-order valence-electron chi connectivity index (χ4n) is 3.18. The van der Waals surface area contributed by atoms with Crippen molar-refractivity contribution in [1.29, 1.82) is 0 Å². The number of nitrogens with one attached hydrogen (secondary N) is 1. The average Bonchev–Trinajstić information content (AvgIpc) is 2.76. The van der Waals surface area contributed by atoms with Gasteiger partial charge in [-0.2, -0.15) is 4.31 Å². The molecule has 0 heterocycles. The summed E-state index contributed by atoms with van der Waals surface area (Å²) in [7, 11) is -0.987. The van der Waals surface area contributed by atoms with Crippen molar-refractivity contribution in [3.8, 4) is 5.75 Å². The van der Waals surface area contributed by atoms with E-state index in [0.717, 1.165) is 16.7 Å². The minimum Gasteiger partial charge on any atom is -0.495 e. The van der Waals surface area contributed by atoms with Crippen molar-refractivity contribution in [3.63, 3.8) is 0 Å². The minimum atomic E-state index is -3.90. The first kappa shape index (κ1) is 22.5. The number of hydrogen-bond acceptors (Lipinski definition) is 4. The quantitative estimate of drug-likeness (QED) is 0.594. The van der Waals surface area contributed by atoms with Gasteiger partial charge in [0.15, 0.2) is 0 Å². The van der Waals surface area contributed by atoms with Crippen LogP contribution in [0.3, 0.4) is 0 Å². The largest absolute Gasteiger partial charge is 0.495 e. The highest BCUT2D eigenvalue weighted by atomic mass is 32.2. The van der Waals surface area contributed by atoms with Crippen LogP contribution in [0, 0.1) is 13.8 Å². The molecule has 1 N–H and O–H groups in total. The molecule has 31 heavy (non-hydrogen) atoms. The third-order valence-corrected chi connectivity index (χ3v) is 6.83. The summed E-state index contributed by atoms with van der Waals surface area (Å²) in [6, 6.07) is 19.5. The number of nitrogens with zero attached hydrogens (tertiary/aromatic N) is 1. The Balaban J connectivity index is 1.92. The molecule has 0 unspecified atom stereocenters. The summed E-state index contributed by atoms with van der Waals surface area (Å²) < 4.78 is 33.0. The molecule has 0 saturated heterocycles. The first-order chi connectivity index (χ1) is 14.7. The van der Waals surface area contributed by atoms with Gasteiger partial charge in [0.25, 0.3) is 5.91 Å². The van der Waals surface area contributed by atoms with Crippen LogP contribution in [0.5, 0.6) is 5.75 Å². The maximum absolute atomic E-state index is 13.3. The number of ether oxygens (including phenoxy) is 1. The van der Waals surface area contributed by atoms with Crippen molar-refractivity contribution in [2.24, 2.45) is 0 Å². The second kappa shape index (κ2) is 9.32. The number of benzene rings is 3. The first-order valence-electron chi connectivity index (χ1n) is 9.79. The van der Waals surface area contributed by atoms with Gasteiger partial charge in [-0.1, -0.05) is 42.5 Å². The van der Waals surface area contributed by atoms with Crippen LogP contribution in [0.25, 0.3) is 0 Å². The van der Waals surface area contributed by atoms with Crippen molar-refractivity contribution in [2.45, 2.75) is 25.3 Å². The zero-order chi connectivity index (χ0) is 22.6. The molecule has 7 heteroatoms. The molecule has 162 valence electrons. The standard InChI is InChI=1S/C24H26N2O4S/c1-17-10-11-18(2)21(14-17)25-24(27)20-12-13-22(30-4)23(15-20)31(28,29)26(3)16-19-8-6-5-7-9-19/h5-15H,16H2,1-4H3,(H,25,27). The summed E-state index contributed by atoms with van der Waals surface area (Å²) in [6.45, 7) is 4.04. The number of anilines is 1. The molecule has 0 spiro atoms. The van der Waals surface area contributed by atoms with Gasteiger partial charge in [-0.05, 0) is 54.8 Å². The third-order valence-electron chi connectivity index (χ3n) is 5.00. The summed E-state index contributed by atoms with van der Waals surface area (Å²) >= 11 is 0. The van der Waals surface area contributed by atoms with Crippen LogP contribution in [-0.2, 0) is 16.6 Å². The lowest BCUT2D eigenvalue weighted by Crippen LogP contribution is -2.27. The number of sulfonamides is 1. The van der Waals surface area contributed by atoms with Crippen LogP contribution < -0.4 is 10.1 Å².